The SMILES string of the molecule is Cc1ccc(C2=C(N3CCN(CCO)CC3)C(=O)N(c3cccc(Cl)c3C)C2=O)cc1. The molecule has 2 aromatic carbocycles. The van der Waals surface area contributed by atoms with Gasteiger partial charge < -0.3 is 10.0 Å². The summed E-state index contributed by atoms with van der Waals surface area (Å²) < 4.78 is 0. The summed E-state index contributed by atoms with van der Waals surface area (Å²) in [6.45, 7) is 7.21. The molecule has 31 heavy (non-hydrogen) atoms. The van der Waals surface area contributed by atoms with Crippen molar-refractivity contribution in [2.24, 2.45) is 0 Å². The molecule has 0 atom stereocenters. The second-order valence-electron chi connectivity index (χ2n) is 7.97. The molecule has 2 aliphatic heterocycles. The Labute approximate surface area is 187 Å². The lowest BCUT2D eigenvalue weighted by Crippen LogP contribution is -2.48. The number of benzene rings is 2. The van der Waals surface area contributed by atoms with Gasteiger partial charge in [-0.2, -0.15) is 0 Å². The average Bonchev–Trinajstić information content (AvgIpc) is 3.02. The zero-order chi connectivity index (χ0) is 22.1. The number of aliphatic hydroxyl groups excluding tert-OH is 1. The monoisotopic (exact) mass is 439 g/mol. The number of hydrogen-bond acceptors (Lipinski definition) is 5. The van der Waals surface area contributed by atoms with Crippen LogP contribution in [0.2, 0.25) is 5.02 Å². The fourth-order valence-electron chi connectivity index (χ4n) is 4.19. The van der Waals surface area contributed by atoms with E-state index in [1.165, 1.54) is 4.90 Å². The molecule has 0 saturated carbocycles. The molecule has 2 heterocycles. The first-order chi connectivity index (χ1) is 14.9. The molecule has 2 amide bonds. The Balaban J connectivity index is 1.77. The highest BCUT2D eigenvalue weighted by molar-refractivity contribution is 6.46. The summed E-state index contributed by atoms with van der Waals surface area (Å²) in [7, 11) is 0. The molecule has 2 aliphatic rings. The molecule has 0 aliphatic carbocycles. The number of aliphatic hydroxyl groups is 1. The van der Waals surface area contributed by atoms with Gasteiger partial charge >= 0.3 is 0 Å². The minimum atomic E-state index is -0.327. The van der Waals surface area contributed by atoms with Crippen LogP contribution in [0.5, 0.6) is 0 Å². The van der Waals surface area contributed by atoms with Gasteiger partial charge in [0.1, 0.15) is 5.70 Å². The highest BCUT2D eigenvalue weighted by Crippen LogP contribution is 2.37. The quantitative estimate of drug-likeness (QED) is 0.726. The van der Waals surface area contributed by atoms with Crippen molar-refractivity contribution >= 4 is 34.7 Å². The number of carbonyl (C=O) groups excluding carboxylic acids is 2. The molecule has 1 N–H and O–H groups in total. The number of hydrogen-bond donors (Lipinski definition) is 1. The van der Waals surface area contributed by atoms with Crippen LogP contribution in [-0.2, 0) is 9.59 Å². The van der Waals surface area contributed by atoms with Crippen molar-refractivity contribution in [2.75, 3.05) is 44.2 Å². The molecule has 0 radical (unpaired) electrons. The molecule has 4 rings (SSSR count). The van der Waals surface area contributed by atoms with E-state index in [9.17, 15) is 14.7 Å². The summed E-state index contributed by atoms with van der Waals surface area (Å²) in [5.41, 5.74) is 3.91. The fraction of sp³-hybridized carbons (Fsp3) is 0.333. The van der Waals surface area contributed by atoms with E-state index in [1.807, 2.05) is 43.0 Å². The van der Waals surface area contributed by atoms with Crippen molar-refractivity contribution < 1.29 is 14.7 Å². The summed E-state index contributed by atoms with van der Waals surface area (Å²) in [4.78, 5) is 32.7. The molecule has 2 aromatic rings. The highest BCUT2D eigenvalue weighted by atomic mass is 35.5. The number of β-amino-alcohol motifs (C(OH)–C–C–N with tert-alkyl or cyclic N) is 1. The minimum absolute atomic E-state index is 0.108. The Morgan fingerprint density at radius 1 is 0.935 bits per heavy atom. The molecule has 7 heteroatoms. The maximum Gasteiger partial charge on any atom is 0.282 e. The van der Waals surface area contributed by atoms with Crippen LogP contribution in [0.15, 0.2) is 48.2 Å². The van der Waals surface area contributed by atoms with Crippen LogP contribution in [-0.4, -0.2) is 66.1 Å². The van der Waals surface area contributed by atoms with Crippen LogP contribution in [0.3, 0.4) is 0 Å². The van der Waals surface area contributed by atoms with E-state index in [0.717, 1.165) is 24.2 Å². The van der Waals surface area contributed by atoms with Gasteiger partial charge in [-0.1, -0.05) is 47.5 Å². The minimum Gasteiger partial charge on any atom is -0.395 e. The molecule has 1 saturated heterocycles. The van der Waals surface area contributed by atoms with Crippen LogP contribution in [0.25, 0.3) is 5.57 Å². The number of amides is 2. The second kappa shape index (κ2) is 8.83. The Bertz CT molecular complexity index is 1040. The third-order valence-corrected chi connectivity index (χ3v) is 6.39. The normalized spacial score (nSPS) is 17.8. The Hall–Kier alpha value is -2.67. The molecule has 6 nitrogen and oxygen atoms in total. The third-order valence-electron chi connectivity index (χ3n) is 5.98. The molecular formula is C24H26ClN3O3. The van der Waals surface area contributed by atoms with Gasteiger partial charge in [0.05, 0.1) is 17.9 Å². The summed E-state index contributed by atoms with van der Waals surface area (Å²) >= 11 is 6.29. The molecule has 1 fully saturated rings. The lowest BCUT2D eigenvalue weighted by atomic mass is 10.0. The number of imide groups is 1. The van der Waals surface area contributed by atoms with Crippen LogP contribution in [0.1, 0.15) is 16.7 Å². The lowest BCUT2D eigenvalue weighted by Gasteiger charge is -2.36. The summed E-state index contributed by atoms with van der Waals surface area (Å²) in [6.07, 6.45) is 0. The van der Waals surface area contributed by atoms with E-state index in [0.29, 0.717) is 47.2 Å². The average molecular weight is 440 g/mol. The van der Waals surface area contributed by atoms with Crippen molar-refractivity contribution in [2.45, 2.75) is 13.8 Å². The molecule has 0 bridgehead atoms. The molecule has 0 unspecified atom stereocenters. The van der Waals surface area contributed by atoms with E-state index in [1.54, 1.807) is 18.2 Å². The van der Waals surface area contributed by atoms with Crippen molar-refractivity contribution in [1.29, 1.82) is 0 Å². The largest absolute Gasteiger partial charge is 0.395 e. The van der Waals surface area contributed by atoms with Gasteiger partial charge in [-0.25, -0.2) is 4.90 Å². The van der Waals surface area contributed by atoms with Gasteiger partial charge in [-0.15, -0.1) is 0 Å². The zero-order valence-electron chi connectivity index (χ0n) is 17.8. The van der Waals surface area contributed by atoms with Crippen molar-refractivity contribution in [3.63, 3.8) is 0 Å². The molecular weight excluding hydrogens is 414 g/mol. The van der Waals surface area contributed by atoms with E-state index in [-0.39, 0.29) is 18.4 Å². The second-order valence-corrected chi connectivity index (χ2v) is 8.38. The van der Waals surface area contributed by atoms with Gasteiger partial charge in [-0.05, 0) is 37.1 Å². The third kappa shape index (κ3) is 3.99. The van der Waals surface area contributed by atoms with Gasteiger partial charge in [0, 0.05) is 37.7 Å². The predicted octanol–water partition coefficient (Wildman–Crippen LogP) is 2.85. The first kappa shape index (κ1) is 21.6. The first-order valence-electron chi connectivity index (χ1n) is 10.5. The summed E-state index contributed by atoms with van der Waals surface area (Å²) in [6, 6.07) is 12.9. The maximum absolute atomic E-state index is 13.6. The Kier molecular flexibility index (Phi) is 6.14. The van der Waals surface area contributed by atoms with E-state index < -0.39 is 0 Å². The van der Waals surface area contributed by atoms with E-state index >= 15 is 0 Å². The molecule has 0 spiro atoms. The zero-order valence-corrected chi connectivity index (χ0v) is 18.5. The highest BCUT2D eigenvalue weighted by Gasteiger charge is 2.43. The number of anilines is 1. The van der Waals surface area contributed by atoms with Crippen LogP contribution in [0.4, 0.5) is 5.69 Å². The maximum atomic E-state index is 13.6. The molecule has 0 aromatic heterocycles. The first-order valence-corrected chi connectivity index (χ1v) is 10.8. The predicted molar refractivity (Wildman–Crippen MR) is 122 cm³/mol. The standard InChI is InChI=1S/C24H26ClN3O3/c1-16-6-8-18(9-7-16)21-22(27-12-10-26(11-13-27)14-15-29)24(31)28(23(21)30)20-5-3-4-19(25)17(20)2/h3-9,29H,10-15H2,1-2H3. The van der Waals surface area contributed by atoms with Crippen molar-refractivity contribution in [3.05, 3.63) is 69.9 Å². The van der Waals surface area contributed by atoms with Crippen LogP contribution >= 0.6 is 11.6 Å². The van der Waals surface area contributed by atoms with Gasteiger partial charge in [-0.3, -0.25) is 14.5 Å². The topological polar surface area (TPSA) is 64.1 Å². The number of piperazine rings is 1. The summed E-state index contributed by atoms with van der Waals surface area (Å²) in [5, 5.41) is 9.73. The molecule has 162 valence electrons. The van der Waals surface area contributed by atoms with E-state index in [2.05, 4.69) is 4.90 Å². The Morgan fingerprint density at radius 2 is 1.61 bits per heavy atom. The number of carbonyl (C=O) groups is 2. The van der Waals surface area contributed by atoms with E-state index in [4.69, 9.17) is 11.6 Å². The van der Waals surface area contributed by atoms with Crippen molar-refractivity contribution in [1.82, 2.24) is 9.80 Å². The van der Waals surface area contributed by atoms with Crippen LogP contribution < -0.4 is 4.90 Å². The lowest BCUT2D eigenvalue weighted by molar-refractivity contribution is -0.120. The van der Waals surface area contributed by atoms with Crippen LogP contribution in [0, 0.1) is 13.8 Å². The van der Waals surface area contributed by atoms with Gasteiger partial charge in [0.15, 0.2) is 0 Å². The summed E-state index contributed by atoms with van der Waals surface area (Å²) in [5.74, 6) is -0.645. The smallest absolute Gasteiger partial charge is 0.282 e. The number of aryl methyl sites for hydroxylation is 1. The Morgan fingerprint density at radius 3 is 2.26 bits per heavy atom. The number of nitrogens with zero attached hydrogens (tertiary/aromatic N) is 3. The van der Waals surface area contributed by atoms with Crippen molar-refractivity contribution in [3.8, 4) is 0 Å². The fourth-order valence-corrected chi connectivity index (χ4v) is 4.36. The number of rotatable bonds is 5. The van der Waals surface area contributed by atoms with Gasteiger partial charge in [0.2, 0.25) is 0 Å². The number of halogens is 1. The van der Waals surface area contributed by atoms with Gasteiger partial charge in [0.25, 0.3) is 11.8 Å².